The molecular weight excluding hydrogens is 122 g/mol. The molecule has 0 aromatic carbocycles. The second-order valence-electron chi connectivity index (χ2n) is 3.67. The highest BCUT2D eigenvalue weighted by molar-refractivity contribution is 4.95. The van der Waals surface area contributed by atoms with E-state index < -0.39 is 0 Å². The standard InChI is InChI=1S/C9H17N/c1-4-7-10-9(2,3)8-5-6-8/h4,8,10H,1,5-7H2,2-3H3. The van der Waals surface area contributed by atoms with Crippen LogP contribution in [0.3, 0.4) is 0 Å². The van der Waals surface area contributed by atoms with E-state index in [4.69, 9.17) is 0 Å². The first-order valence-electron chi connectivity index (χ1n) is 4.03. The Hall–Kier alpha value is -0.300. The minimum absolute atomic E-state index is 0.341. The summed E-state index contributed by atoms with van der Waals surface area (Å²) in [5, 5.41) is 3.45. The Kier molecular flexibility index (Phi) is 2.14. The number of rotatable bonds is 4. The SMILES string of the molecule is C=CCNC(C)(C)C1CC1. The maximum absolute atomic E-state index is 3.68. The van der Waals surface area contributed by atoms with Crippen LogP contribution in [0.25, 0.3) is 0 Å². The smallest absolute Gasteiger partial charge is 0.0156 e. The highest BCUT2D eigenvalue weighted by Crippen LogP contribution is 2.38. The van der Waals surface area contributed by atoms with E-state index in [2.05, 4.69) is 25.7 Å². The van der Waals surface area contributed by atoms with Gasteiger partial charge in [0.1, 0.15) is 0 Å². The van der Waals surface area contributed by atoms with E-state index in [1.54, 1.807) is 0 Å². The minimum Gasteiger partial charge on any atom is -0.308 e. The van der Waals surface area contributed by atoms with Gasteiger partial charge in [-0.1, -0.05) is 6.08 Å². The van der Waals surface area contributed by atoms with Crippen LogP contribution in [0, 0.1) is 5.92 Å². The van der Waals surface area contributed by atoms with Crippen LogP contribution < -0.4 is 5.32 Å². The van der Waals surface area contributed by atoms with E-state index >= 15 is 0 Å². The molecule has 0 aromatic rings. The molecule has 1 heteroatoms. The normalized spacial score (nSPS) is 19.0. The van der Waals surface area contributed by atoms with Crippen LogP contribution in [0.15, 0.2) is 12.7 Å². The van der Waals surface area contributed by atoms with Gasteiger partial charge in [0.25, 0.3) is 0 Å². The Bertz CT molecular complexity index is 123. The molecule has 0 aromatic heterocycles. The van der Waals surface area contributed by atoms with Gasteiger partial charge in [-0.3, -0.25) is 0 Å². The molecule has 0 atom stereocenters. The molecule has 1 fully saturated rings. The number of hydrogen-bond donors (Lipinski definition) is 1. The van der Waals surface area contributed by atoms with Crippen molar-refractivity contribution in [1.29, 1.82) is 0 Å². The van der Waals surface area contributed by atoms with Crippen molar-refractivity contribution in [2.24, 2.45) is 5.92 Å². The lowest BCUT2D eigenvalue weighted by Crippen LogP contribution is -2.41. The van der Waals surface area contributed by atoms with Crippen molar-refractivity contribution < 1.29 is 0 Å². The van der Waals surface area contributed by atoms with Gasteiger partial charge in [-0.15, -0.1) is 6.58 Å². The lowest BCUT2D eigenvalue weighted by molar-refractivity contribution is 0.357. The third kappa shape index (κ3) is 1.84. The van der Waals surface area contributed by atoms with E-state index in [0.29, 0.717) is 5.54 Å². The molecule has 1 rings (SSSR count). The Morgan fingerprint density at radius 3 is 2.60 bits per heavy atom. The molecule has 1 aliphatic carbocycles. The molecule has 0 spiro atoms. The van der Waals surface area contributed by atoms with Gasteiger partial charge in [-0.05, 0) is 32.6 Å². The molecule has 0 amide bonds. The molecule has 1 aliphatic rings. The van der Waals surface area contributed by atoms with Crippen molar-refractivity contribution in [1.82, 2.24) is 5.32 Å². The monoisotopic (exact) mass is 139 g/mol. The van der Waals surface area contributed by atoms with E-state index in [1.165, 1.54) is 12.8 Å². The van der Waals surface area contributed by atoms with Crippen molar-refractivity contribution in [3.63, 3.8) is 0 Å². The Balaban J connectivity index is 2.27. The predicted molar refractivity (Wildman–Crippen MR) is 45.0 cm³/mol. The molecule has 0 unspecified atom stereocenters. The summed E-state index contributed by atoms with van der Waals surface area (Å²) in [6, 6.07) is 0. The summed E-state index contributed by atoms with van der Waals surface area (Å²) in [7, 11) is 0. The van der Waals surface area contributed by atoms with Crippen molar-refractivity contribution in [2.45, 2.75) is 32.2 Å². The van der Waals surface area contributed by atoms with E-state index in [9.17, 15) is 0 Å². The van der Waals surface area contributed by atoms with Gasteiger partial charge < -0.3 is 5.32 Å². The topological polar surface area (TPSA) is 12.0 Å². The fourth-order valence-corrected chi connectivity index (χ4v) is 1.28. The maximum Gasteiger partial charge on any atom is 0.0156 e. The van der Waals surface area contributed by atoms with Gasteiger partial charge in [-0.2, -0.15) is 0 Å². The van der Waals surface area contributed by atoms with Crippen LogP contribution in [0.4, 0.5) is 0 Å². The highest BCUT2D eigenvalue weighted by atomic mass is 15.0. The summed E-state index contributed by atoms with van der Waals surface area (Å²) >= 11 is 0. The molecular formula is C9H17N. The van der Waals surface area contributed by atoms with Gasteiger partial charge >= 0.3 is 0 Å². The van der Waals surface area contributed by atoms with Crippen LogP contribution in [-0.4, -0.2) is 12.1 Å². The number of nitrogens with one attached hydrogen (secondary N) is 1. The van der Waals surface area contributed by atoms with Gasteiger partial charge in [0.15, 0.2) is 0 Å². The molecule has 10 heavy (non-hydrogen) atoms. The summed E-state index contributed by atoms with van der Waals surface area (Å²) in [5.41, 5.74) is 0.341. The van der Waals surface area contributed by atoms with E-state index in [0.717, 1.165) is 12.5 Å². The van der Waals surface area contributed by atoms with Crippen LogP contribution >= 0.6 is 0 Å². The molecule has 0 bridgehead atoms. The van der Waals surface area contributed by atoms with Gasteiger partial charge in [0, 0.05) is 12.1 Å². The zero-order valence-electron chi connectivity index (χ0n) is 6.98. The predicted octanol–water partition coefficient (Wildman–Crippen LogP) is 1.95. The van der Waals surface area contributed by atoms with Crippen LogP contribution in [-0.2, 0) is 0 Å². The highest BCUT2D eigenvalue weighted by Gasteiger charge is 2.36. The molecule has 1 N–H and O–H groups in total. The molecule has 0 radical (unpaired) electrons. The summed E-state index contributed by atoms with van der Waals surface area (Å²) in [6.07, 6.45) is 4.72. The second kappa shape index (κ2) is 2.75. The lowest BCUT2D eigenvalue weighted by atomic mass is 9.99. The minimum atomic E-state index is 0.341. The Morgan fingerprint density at radius 2 is 2.20 bits per heavy atom. The van der Waals surface area contributed by atoms with Gasteiger partial charge in [0.05, 0.1) is 0 Å². The molecule has 58 valence electrons. The Labute approximate surface area is 63.5 Å². The summed E-state index contributed by atoms with van der Waals surface area (Å²) < 4.78 is 0. The second-order valence-corrected chi connectivity index (χ2v) is 3.67. The first-order chi connectivity index (χ1) is 4.67. The summed E-state index contributed by atoms with van der Waals surface area (Å²) in [6.45, 7) is 9.16. The fourth-order valence-electron chi connectivity index (χ4n) is 1.28. The van der Waals surface area contributed by atoms with Gasteiger partial charge in [0.2, 0.25) is 0 Å². The fraction of sp³-hybridized carbons (Fsp3) is 0.778. The van der Waals surface area contributed by atoms with E-state index in [1.807, 2.05) is 6.08 Å². The average molecular weight is 139 g/mol. The average Bonchev–Trinajstić information content (AvgIpc) is 2.64. The molecule has 1 saturated carbocycles. The van der Waals surface area contributed by atoms with Crippen molar-refractivity contribution in [3.8, 4) is 0 Å². The molecule has 0 saturated heterocycles. The van der Waals surface area contributed by atoms with Crippen LogP contribution in [0.1, 0.15) is 26.7 Å². The van der Waals surface area contributed by atoms with Crippen molar-refractivity contribution in [2.75, 3.05) is 6.54 Å². The van der Waals surface area contributed by atoms with Crippen molar-refractivity contribution >= 4 is 0 Å². The largest absolute Gasteiger partial charge is 0.308 e. The molecule has 0 aliphatic heterocycles. The molecule has 0 heterocycles. The zero-order chi connectivity index (χ0) is 7.61. The summed E-state index contributed by atoms with van der Waals surface area (Å²) in [4.78, 5) is 0. The Morgan fingerprint density at radius 1 is 1.60 bits per heavy atom. The van der Waals surface area contributed by atoms with Crippen LogP contribution in [0.2, 0.25) is 0 Å². The first-order valence-corrected chi connectivity index (χ1v) is 4.03. The lowest BCUT2D eigenvalue weighted by Gasteiger charge is -2.25. The third-order valence-corrected chi connectivity index (χ3v) is 2.30. The van der Waals surface area contributed by atoms with E-state index in [-0.39, 0.29) is 0 Å². The maximum atomic E-state index is 3.68. The van der Waals surface area contributed by atoms with Crippen molar-refractivity contribution in [3.05, 3.63) is 12.7 Å². The number of hydrogen-bond acceptors (Lipinski definition) is 1. The first kappa shape index (κ1) is 7.80. The van der Waals surface area contributed by atoms with Gasteiger partial charge in [-0.25, -0.2) is 0 Å². The van der Waals surface area contributed by atoms with Crippen LogP contribution in [0.5, 0.6) is 0 Å². The quantitative estimate of drug-likeness (QED) is 0.587. The third-order valence-electron chi connectivity index (χ3n) is 2.30. The zero-order valence-corrected chi connectivity index (χ0v) is 6.98. The molecule has 1 nitrogen and oxygen atoms in total. The summed E-state index contributed by atoms with van der Waals surface area (Å²) in [5.74, 6) is 0.910.